The molecule has 0 bridgehead atoms. The van der Waals surface area contributed by atoms with Crippen molar-refractivity contribution >= 4 is 17.7 Å². The summed E-state index contributed by atoms with van der Waals surface area (Å²) < 4.78 is 0. The van der Waals surface area contributed by atoms with Gasteiger partial charge in [-0.15, -0.1) is 11.6 Å². The maximum Gasteiger partial charge on any atom is 0.0258 e. The molecule has 70 valence electrons. The van der Waals surface area contributed by atoms with E-state index in [0.29, 0.717) is 5.88 Å². The van der Waals surface area contributed by atoms with E-state index in [1.165, 1.54) is 16.7 Å². The fraction of sp³-hybridized carbons (Fsp3) is 0.333. The number of halogens is 1. The summed E-state index contributed by atoms with van der Waals surface area (Å²) in [5.74, 6) is 0.696. The monoisotopic (exact) mass is 194 g/mol. The summed E-state index contributed by atoms with van der Waals surface area (Å²) in [5.41, 5.74) is 3.89. The van der Waals surface area contributed by atoms with Gasteiger partial charge in [-0.1, -0.05) is 41.5 Å². The van der Waals surface area contributed by atoms with E-state index in [2.05, 4.69) is 44.2 Å². The Balaban J connectivity index is 2.77. The summed E-state index contributed by atoms with van der Waals surface area (Å²) in [5, 5.41) is 0. The van der Waals surface area contributed by atoms with Gasteiger partial charge in [-0.3, -0.25) is 0 Å². The van der Waals surface area contributed by atoms with Crippen LogP contribution in [0.5, 0.6) is 0 Å². The van der Waals surface area contributed by atoms with Crippen molar-refractivity contribution in [3.05, 3.63) is 41.0 Å². The third kappa shape index (κ3) is 3.65. The predicted molar refractivity (Wildman–Crippen MR) is 60.3 cm³/mol. The highest BCUT2D eigenvalue weighted by atomic mass is 35.5. The van der Waals surface area contributed by atoms with Crippen molar-refractivity contribution in [3.63, 3.8) is 0 Å². The molecular formula is C12H15Cl. The Labute approximate surface area is 85.2 Å². The Hall–Kier alpha value is -0.750. The van der Waals surface area contributed by atoms with E-state index in [9.17, 15) is 0 Å². The van der Waals surface area contributed by atoms with E-state index in [1.807, 2.05) is 0 Å². The molecule has 0 N–H and O–H groups in total. The van der Waals surface area contributed by atoms with Gasteiger partial charge < -0.3 is 0 Å². The number of hydrogen-bond donors (Lipinski definition) is 0. The van der Waals surface area contributed by atoms with Gasteiger partial charge in [-0.25, -0.2) is 0 Å². The summed E-state index contributed by atoms with van der Waals surface area (Å²) in [6.07, 6.45) is 5.18. The highest BCUT2D eigenvalue weighted by molar-refractivity contribution is 6.17. The number of aryl methyl sites for hydroxylation is 2. The molecule has 0 aliphatic rings. The van der Waals surface area contributed by atoms with E-state index in [0.717, 1.165) is 6.42 Å². The van der Waals surface area contributed by atoms with Crippen molar-refractivity contribution < 1.29 is 0 Å². The molecule has 0 radical (unpaired) electrons. The Kier molecular flexibility index (Phi) is 4.04. The number of hydrogen-bond acceptors (Lipinski definition) is 0. The summed E-state index contributed by atoms with van der Waals surface area (Å²) in [7, 11) is 0. The van der Waals surface area contributed by atoms with Crippen molar-refractivity contribution in [2.75, 3.05) is 5.88 Å². The first kappa shape index (κ1) is 10.3. The van der Waals surface area contributed by atoms with Crippen LogP contribution in [0, 0.1) is 13.8 Å². The molecule has 0 atom stereocenters. The van der Waals surface area contributed by atoms with Gasteiger partial charge in [0.15, 0.2) is 0 Å². The van der Waals surface area contributed by atoms with Crippen LogP contribution >= 0.6 is 11.6 Å². The average molecular weight is 195 g/mol. The molecule has 0 amide bonds. The zero-order chi connectivity index (χ0) is 9.68. The molecule has 13 heavy (non-hydrogen) atoms. The molecule has 1 aromatic carbocycles. The van der Waals surface area contributed by atoms with Gasteiger partial charge >= 0.3 is 0 Å². The van der Waals surface area contributed by atoms with Crippen LogP contribution in [-0.4, -0.2) is 5.88 Å². The van der Waals surface area contributed by atoms with Crippen molar-refractivity contribution in [3.8, 4) is 0 Å². The number of benzene rings is 1. The molecule has 0 nitrogen and oxygen atoms in total. The van der Waals surface area contributed by atoms with Crippen LogP contribution in [0.3, 0.4) is 0 Å². The molecule has 1 heteroatoms. The molecule has 0 saturated carbocycles. The van der Waals surface area contributed by atoms with Gasteiger partial charge in [0, 0.05) is 5.88 Å². The lowest BCUT2D eigenvalue weighted by Crippen LogP contribution is -1.79. The number of alkyl halides is 1. The van der Waals surface area contributed by atoms with Gasteiger partial charge in [0.2, 0.25) is 0 Å². The van der Waals surface area contributed by atoms with Crippen molar-refractivity contribution in [1.82, 2.24) is 0 Å². The van der Waals surface area contributed by atoms with Crippen molar-refractivity contribution in [1.29, 1.82) is 0 Å². The average Bonchev–Trinajstić information content (AvgIpc) is 2.03. The molecule has 1 rings (SSSR count). The van der Waals surface area contributed by atoms with Gasteiger partial charge in [0.05, 0.1) is 0 Å². The Bertz CT molecular complexity index is 280. The smallest absolute Gasteiger partial charge is 0.0258 e. The fourth-order valence-corrected chi connectivity index (χ4v) is 1.51. The van der Waals surface area contributed by atoms with E-state index in [1.54, 1.807) is 0 Å². The summed E-state index contributed by atoms with van der Waals surface area (Å²) >= 11 is 5.58. The minimum Gasteiger partial charge on any atom is -0.126 e. The maximum absolute atomic E-state index is 5.58. The van der Waals surface area contributed by atoms with Crippen LogP contribution in [-0.2, 0) is 0 Å². The molecule has 0 spiro atoms. The molecular weight excluding hydrogens is 180 g/mol. The predicted octanol–water partition coefficient (Wildman–Crippen LogP) is 3.95. The lowest BCUT2D eigenvalue weighted by atomic mass is 10.1. The largest absolute Gasteiger partial charge is 0.126 e. The number of allylic oxidation sites excluding steroid dienone is 1. The Morgan fingerprint density at radius 1 is 1.15 bits per heavy atom. The van der Waals surface area contributed by atoms with Gasteiger partial charge in [0.25, 0.3) is 0 Å². The normalized spacial score (nSPS) is 11.0. The Morgan fingerprint density at radius 2 is 1.77 bits per heavy atom. The second-order valence-electron chi connectivity index (χ2n) is 3.30. The van der Waals surface area contributed by atoms with Crippen LogP contribution in [0.2, 0.25) is 0 Å². The van der Waals surface area contributed by atoms with Crippen LogP contribution in [0.15, 0.2) is 24.3 Å². The van der Waals surface area contributed by atoms with Gasteiger partial charge in [-0.05, 0) is 25.8 Å². The minimum absolute atomic E-state index is 0.696. The summed E-state index contributed by atoms with van der Waals surface area (Å²) in [6, 6.07) is 6.54. The van der Waals surface area contributed by atoms with E-state index in [4.69, 9.17) is 11.6 Å². The standard InChI is InChI=1S/C12H15Cl/c1-10-7-11(2)9-12(8-10)5-3-4-6-13/h3,5,7-9H,4,6H2,1-2H3. The van der Waals surface area contributed by atoms with E-state index in [-0.39, 0.29) is 0 Å². The lowest BCUT2D eigenvalue weighted by molar-refractivity contribution is 1.24. The quantitative estimate of drug-likeness (QED) is 0.640. The Morgan fingerprint density at radius 3 is 2.31 bits per heavy atom. The SMILES string of the molecule is Cc1cc(C)cc(C=CCCCl)c1. The number of rotatable bonds is 3. The fourth-order valence-electron chi connectivity index (χ4n) is 1.39. The molecule has 1 aromatic rings. The first-order chi connectivity index (χ1) is 6.22. The van der Waals surface area contributed by atoms with Crippen LogP contribution in [0.25, 0.3) is 6.08 Å². The third-order valence-corrected chi connectivity index (χ3v) is 2.05. The molecule has 0 aromatic heterocycles. The summed E-state index contributed by atoms with van der Waals surface area (Å²) in [4.78, 5) is 0. The molecule has 0 unspecified atom stereocenters. The molecule has 0 aliphatic heterocycles. The van der Waals surface area contributed by atoms with Crippen molar-refractivity contribution in [2.24, 2.45) is 0 Å². The van der Waals surface area contributed by atoms with Crippen LogP contribution < -0.4 is 0 Å². The zero-order valence-corrected chi connectivity index (χ0v) is 8.93. The first-order valence-electron chi connectivity index (χ1n) is 4.53. The minimum atomic E-state index is 0.696. The second kappa shape index (κ2) is 5.08. The molecule has 0 fully saturated rings. The molecule has 0 heterocycles. The topological polar surface area (TPSA) is 0 Å². The third-order valence-electron chi connectivity index (χ3n) is 1.83. The van der Waals surface area contributed by atoms with Gasteiger partial charge in [0.1, 0.15) is 0 Å². The first-order valence-corrected chi connectivity index (χ1v) is 5.06. The summed E-state index contributed by atoms with van der Waals surface area (Å²) in [6.45, 7) is 4.23. The zero-order valence-electron chi connectivity index (χ0n) is 8.18. The van der Waals surface area contributed by atoms with E-state index < -0.39 is 0 Å². The second-order valence-corrected chi connectivity index (χ2v) is 3.68. The molecule has 0 aliphatic carbocycles. The van der Waals surface area contributed by atoms with Gasteiger partial charge in [-0.2, -0.15) is 0 Å². The van der Waals surface area contributed by atoms with E-state index >= 15 is 0 Å². The lowest BCUT2D eigenvalue weighted by Gasteiger charge is -1.99. The van der Waals surface area contributed by atoms with Crippen LogP contribution in [0.4, 0.5) is 0 Å². The van der Waals surface area contributed by atoms with Crippen molar-refractivity contribution in [2.45, 2.75) is 20.3 Å². The highest BCUT2D eigenvalue weighted by Gasteiger charge is 1.90. The maximum atomic E-state index is 5.58. The molecule has 0 saturated heterocycles. The highest BCUT2D eigenvalue weighted by Crippen LogP contribution is 2.10. The van der Waals surface area contributed by atoms with Crippen LogP contribution in [0.1, 0.15) is 23.1 Å².